The molecular weight excluding hydrogens is 358 g/mol. The van der Waals surface area contributed by atoms with Crippen molar-refractivity contribution < 1.29 is 23.8 Å². The van der Waals surface area contributed by atoms with Gasteiger partial charge in [-0.15, -0.1) is 0 Å². The van der Waals surface area contributed by atoms with E-state index in [1.807, 2.05) is 25.1 Å². The molecule has 150 valence electrons. The van der Waals surface area contributed by atoms with E-state index in [9.17, 15) is 9.59 Å². The van der Waals surface area contributed by atoms with Crippen LogP contribution < -0.4 is 14.8 Å². The molecule has 0 aliphatic heterocycles. The quantitative estimate of drug-likeness (QED) is 0.693. The fraction of sp³-hybridized carbons (Fsp3) is 0.364. The van der Waals surface area contributed by atoms with E-state index < -0.39 is 18.0 Å². The van der Waals surface area contributed by atoms with Gasteiger partial charge in [0, 0.05) is 0 Å². The average Bonchev–Trinajstić information content (AvgIpc) is 2.67. The van der Waals surface area contributed by atoms with E-state index in [0.29, 0.717) is 23.1 Å². The lowest BCUT2D eigenvalue weighted by Crippen LogP contribution is -2.31. The molecule has 0 radical (unpaired) electrons. The predicted molar refractivity (Wildman–Crippen MR) is 108 cm³/mol. The fourth-order valence-electron chi connectivity index (χ4n) is 2.53. The molecule has 6 nitrogen and oxygen atoms in total. The maximum Gasteiger partial charge on any atom is 0.344 e. The highest BCUT2D eigenvalue weighted by Gasteiger charge is 2.19. The molecule has 2 rings (SSSR count). The number of para-hydroxylation sites is 2. The Bertz CT molecular complexity index is 831. The lowest BCUT2D eigenvalue weighted by Gasteiger charge is -2.16. The Kier molecular flexibility index (Phi) is 7.44. The zero-order chi connectivity index (χ0) is 20.7. The SMILES string of the molecule is COc1ccccc1NC(=O)[C@@H](C)OC(=O)COc1cc(C(C)C)ccc1C. The van der Waals surface area contributed by atoms with Crippen LogP contribution in [0.2, 0.25) is 0 Å². The number of methoxy groups -OCH3 is 1. The Morgan fingerprint density at radius 1 is 1.04 bits per heavy atom. The van der Waals surface area contributed by atoms with E-state index in [-0.39, 0.29) is 6.61 Å². The molecule has 0 bridgehead atoms. The van der Waals surface area contributed by atoms with Crippen molar-refractivity contribution in [3.8, 4) is 11.5 Å². The smallest absolute Gasteiger partial charge is 0.344 e. The van der Waals surface area contributed by atoms with Crippen molar-refractivity contribution in [2.45, 2.75) is 39.7 Å². The van der Waals surface area contributed by atoms with Gasteiger partial charge in [0.15, 0.2) is 12.7 Å². The van der Waals surface area contributed by atoms with Gasteiger partial charge in [-0.25, -0.2) is 4.79 Å². The maximum atomic E-state index is 12.3. The van der Waals surface area contributed by atoms with Gasteiger partial charge in [-0.2, -0.15) is 0 Å². The monoisotopic (exact) mass is 385 g/mol. The summed E-state index contributed by atoms with van der Waals surface area (Å²) < 4.78 is 16.0. The van der Waals surface area contributed by atoms with E-state index in [1.165, 1.54) is 14.0 Å². The van der Waals surface area contributed by atoms with E-state index in [2.05, 4.69) is 19.2 Å². The standard InChI is InChI=1S/C22H27NO5/c1-14(2)17-11-10-15(3)20(12-17)27-13-21(24)28-16(4)22(25)23-18-8-6-7-9-19(18)26-5/h6-12,14,16H,13H2,1-5H3,(H,23,25)/t16-/m1/s1. The van der Waals surface area contributed by atoms with Gasteiger partial charge >= 0.3 is 5.97 Å². The van der Waals surface area contributed by atoms with Crippen LogP contribution in [0.5, 0.6) is 11.5 Å². The normalized spacial score (nSPS) is 11.6. The van der Waals surface area contributed by atoms with Crippen LogP contribution in [0.1, 0.15) is 37.8 Å². The summed E-state index contributed by atoms with van der Waals surface area (Å²) in [7, 11) is 1.52. The maximum absolute atomic E-state index is 12.3. The van der Waals surface area contributed by atoms with Crippen molar-refractivity contribution in [3.05, 3.63) is 53.6 Å². The summed E-state index contributed by atoms with van der Waals surface area (Å²) in [5.74, 6) is 0.453. The zero-order valence-corrected chi connectivity index (χ0v) is 16.9. The third-order valence-corrected chi connectivity index (χ3v) is 4.27. The zero-order valence-electron chi connectivity index (χ0n) is 16.9. The minimum Gasteiger partial charge on any atom is -0.495 e. The largest absolute Gasteiger partial charge is 0.495 e. The summed E-state index contributed by atoms with van der Waals surface area (Å²) in [5, 5.41) is 2.69. The first-order valence-corrected chi connectivity index (χ1v) is 9.18. The van der Waals surface area contributed by atoms with Crippen molar-refractivity contribution in [3.63, 3.8) is 0 Å². The highest BCUT2D eigenvalue weighted by atomic mass is 16.6. The number of esters is 1. The van der Waals surface area contributed by atoms with Crippen LogP contribution in [0.25, 0.3) is 0 Å². The third-order valence-electron chi connectivity index (χ3n) is 4.27. The molecule has 2 aromatic rings. The van der Waals surface area contributed by atoms with Crippen molar-refractivity contribution in [1.29, 1.82) is 0 Å². The summed E-state index contributed by atoms with van der Waals surface area (Å²) in [6.07, 6.45) is -0.968. The number of hydrogen-bond donors (Lipinski definition) is 1. The first-order valence-electron chi connectivity index (χ1n) is 9.18. The molecule has 0 saturated heterocycles. The van der Waals surface area contributed by atoms with Crippen LogP contribution in [0.3, 0.4) is 0 Å². The average molecular weight is 385 g/mol. The molecule has 0 aliphatic carbocycles. The molecule has 1 N–H and O–H groups in total. The van der Waals surface area contributed by atoms with Crippen LogP contribution in [-0.4, -0.2) is 31.7 Å². The molecule has 0 unspecified atom stereocenters. The number of nitrogens with one attached hydrogen (secondary N) is 1. The van der Waals surface area contributed by atoms with Crippen molar-refractivity contribution in [2.24, 2.45) is 0 Å². The van der Waals surface area contributed by atoms with Gasteiger partial charge in [0.2, 0.25) is 0 Å². The molecule has 28 heavy (non-hydrogen) atoms. The van der Waals surface area contributed by atoms with Crippen molar-refractivity contribution in [1.82, 2.24) is 0 Å². The van der Waals surface area contributed by atoms with E-state index in [0.717, 1.165) is 11.1 Å². The Labute approximate surface area is 165 Å². The van der Waals surface area contributed by atoms with E-state index in [4.69, 9.17) is 14.2 Å². The molecular formula is C22H27NO5. The lowest BCUT2D eigenvalue weighted by molar-refractivity contribution is -0.155. The second kappa shape index (κ2) is 9.78. The second-order valence-corrected chi connectivity index (χ2v) is 6.79. The predicted octanol–water partition coefficient (Wildman–Crippen LogP) is 4.08. The number of hydrogen-bond acceptors (Lipinski definition) is 5. The molecule has 2 aromatic carbocycles. The molecule has 1 atom stereocenters. The molecule has 6 heteroatoms. The Morgan fingerprint density at radius 3 is 2.43 bits per heavy atom. The lowest BCUT2D eigenvalue weighted by atomic mass is 10.0. The number of ether oxygens (including phenoxy) is 3. The molecule has 1 amide bonds. The highest BCUT2D eigenvalue weighted by Crippen LogP contribution is 2.25. The van der Waals surface area contributed by atoms with Crippen LogP contribution in [-0.2, 0) is 14.3 Å². The topological polar surface area (TPSA) is 73.9 Å². The van der Waals surface area contributed by atoms with Crippen molar-refractivity contribution in [2.75, 3.05) is 19.0 Å². The van der Waals surface area contributed by atoms with Crippen molar-refractivity contribution >= 4 is 17.6 Å². The number of carbonyl (C=O) groups excluding carboxylic acids is 2. The third kappa shape index (κ3) is 5.74. The van der Waals surface area contributed by atoms with Gasteiger partial charge in [-0.1, -0.05) is 38.1 Å². The van der Waals surface area contributed by atoms with Gasteiger partial charge in [0.25, 0.3) is 5.91 Å². The van der Waals surface area contributed by atoms with Gasteiger partial charge in [-0.3, -0.25) is 4.79 Å². The Balaban J connectivity index is 1.90. The first-order chi connectivity index (χ1) is 13.3. The van der Waals surface area contributed by atoms with Crippen LogP contribution >= 0.6 is 0 Å². The molecule has 0 aromatic heterocycles. The number of amides is 1. The van der Waals surface area contributed by atoms with Gasteiger partial charge in [0.05, 0.1) is 12.8 Å². The van der Waals surface area contributed by atoms with Crippen LogP contribution in [0.4, 0.5) is 5.69 Å². The Morgan fingerprint density at radius 2 is 1.75 bits per heavy atom. The summed E-state index contributed by atoms with van der Waals surface area (Å²) in [6.45, 7) is 7.32. The van der Waals surface area contributed by atoms with Crippen LogP contribution in [0.15, 0.2) is 42.5 Å². The number of carbonyl (C=O) groups is 2. The number of anilines is 1. The van der Waals surface area contributed by atoms with Gasteiger partial charge < -0.3 is 19.5 Å². The Hall–Kier alpha value is -3.02. The fourth-order valence-corrected chi connectivity index (χ4v) is 2.53. The minimum absolute atomic E-state index is 0.269. The van der Waals surface area contributed by atoms with Crippen LogP contribution in [0, 0.1) is 6.92 Å². The molecule has 0 aliphatic rings. The minimum atomic E-state index is -0.968. The van der Waals surface area contributed by atoms with E-state index in [1.54, 1.807) is 24.3 Å². The number of aryl methyl sites for hydroxylation is 1. The van der Waals surface area contributed by atoms with E-state index >= 15 is 0 Å². The summed E-state index contributed by atoms with van der Waals surface area (Å²) >= 11 is 0. The second-order valence-electron chi connectivity index (χ2n) is 6.79. The number of rotatable bonds is 8. The first kappa shape index (κ1) is 21.3. The molecule has 0 saturated carbocycles. The van der Waals surface area contributed by atoms with Gasteiger partial charge in [0.1, 0.15) is 11.5 Å². The molecule has 0 heterocycles. The summed E-state index contributed by atoms with van der Waals surface area (Å²) in [4.78, 5) is 24.4. The molecule has 0 spiro atoms. The number of benzene rings is 2. The highest BCUT2D eigenvalue weighted by molar-refractivity contribution is 5.96. The summed E-state index contributed by atoms with van der Waals surface area (Å²) in [5.41, 5.74) is 2.56. The summed E-state index contributed by atoms with van der Waals surface area (Å²) in [6, 6.07) is 12.9. The molecule has 0 fully saturated rings. The van der Waals surface area contributed by atoms with Gasteiger partial charge in [-0.05, 0) is 49.1 Å².